The molecule has 1 aliphatic heterocycles. The Balaban J connectivity index is 2.38. The van der Waals surface area contributed by atoms with Crippen molar-refractivity contribution in [2.45, 2.75) is 71.5 Å². The number of thioether (sulfide) groups is 1. The molecule has 1 heterocycles. The van der Waals surface area contributed by atoms with Crippen molar-refractivity contribution in [1.29, 1.82) is 0 Å². The van der Waals surface area contributed by atoms with E-state index < -0.39 is 0 Å². The third-order valence-electron chi connectivity index (χ3n) is 4.00. The zero-order chi connectivity index (χ0) is 15.0. The third kappa shape index (κ3) is 5.28. The van der Waals surface area contributed by atoms with E-state index in [0.29, 0.717) is 11.8 Å². The summed E-state index contributed by atoms with van der Waals surface area (Å²) in [6.45, 7) is 7.47. The Bertz CT molecular complexity index is 284. The van der Waals surface area contributed by atoms with Gasteiger partial charge in [0.15, 0.2) is 0 Å². The molecule has 0 aromatic rings. The quantitative estimate of drug-likeness (QED) is 0.627. The first-order valence-electron chi connectivity index (χ1n) is 8.17. The number of amides is 1. The number of nitrogens with one attached hydrogen (secondary N) is 1. The van der Waals surface area contributed by atoms with Crippen LogP contribution in [0.25, 0.3) is 0 Å². The molecule has 3 nitrogen and oxygen atoms in total. The fourth-order valence-electron chi connectivity index (χ4n) is 2.88. The van der Waals surface area contributed by atoms with Crippen molar-refractivity contribution in [2.75, 3.05) is 18.6 Å². The number of unbranched alkanes of at least 4 members (excludes halogenated alkanes) is 3. The molecule has 0 bridgehead atoms. The fraction of sp³-hybridized carbons (Fsp3) is 0.938. The van der Waals surface area contributed by atoms with Gasteiger partial charge in [-0.2, -0.15) is 11.8 Å². The van der Waals surface area contributed by atoms with Gasteiger partial charge in [-0.05, 0) is 37.2 Å². The molecule has 0 spiro atoms. The van der Waals surface area contributed by atoms with Gasteiger partial charge in [0.1, 0.15) is 0 Å². The molecule has 1 aliphatic rings. The minimum Gasteiger partial charge on any atom is -0.326 e. The predicted octanol–water partition coefficient (Wildman–Crippen LogP) is 3.49. The summed E-state index contributed by atoms with van der Waals surface area (Å²) in [6, 6.07) is 0.0592. The highest BCUT2D eigenvalue weighted by Crippen LogP contribution is 2.21. The summed E-state index contributed by atoms with van der Waals surface area (Å²) < 4.78 is 0. The van der Waals surface area contributed by atoms with Crippen molar-refractivity contribution >= 4 is 17.7 Å². The van der Waals surface area contributed by atoms with Gasteiger partial charge in [-0.3, -0.25) is 10.1 Å². The van der Waals surface area contributed by atoms with Crippen molar-refractivity contribution in [2.24, 2.45) is 5.92 Å². The van der Waals surface area contributed by atoms with E-state index >= 15 is 0 Å². The highest BCUT2D eigenvalue weighted by atomic mass is 32.2. The van der Waals surface area contributed by atoms with Crippen LogP contribution in [0, 0.1) is 5.92 Å². The van der Waals surface area contributed by atoms with E-state index in [4.69, 9.17) is 0 Å². The molecule has 0 saturated carbocycles. The van der Waals surface area contributed by atoms with E-state index in [1.54, 1.807) is 0 Å². The topological polar surface area (TPSA) is 32.3 Å². The number of carbonyl (C=O) groups excluding carboxylic acids is 1. The van der Waals surface area contributed by atoms with Gasteiger partial charge in [-0.25, -0.2) is 0 Å². The standard InChI is InChI=1S/C16H32N2OS/c1-5-10-14-16(19)18(15(17-14)13(2)3)11-8-6-7-9-12-20-4/h13-15,17H,5-12H2,1-4H3. The number of nitrogens with zero attached hydrogens (tertiary/aromatic N) is 1. The van der Waals surface area contributed by atoms with Gasteiger partial charge in [0.05, 0.1) is 12.2 Å². The van der Waals surface area contributed by atoms with E-state index in [1.807, 2.05) is 11.8 Å². The van der Waals surface area contributed by atoms with Crippen LogP contribution in [0.3, 0.4) is 0 Å². The van der Waals surface area contributed by atoms with Gasteiger partial charge in [0, 0.05) is 6.54 Å². The molecule has 0 radical (unpaired) electrons. The molecule has 0 aliphatic carbocycles. The van der Waals surface area contributed by atoms with Crippen molar-refractivity contribution in [1.82, 2.24) is 10.2 Å². The fourth-order valence-corrected chi connectivity index (χ4v) is 3.38. The molecular weight excluding hydrogens is 268 g/mol. The van der Waals surface area contributed by atoms with Crippen LogP contribution in [0.5, 0.6) is 0 Å². The molecule has 2 atom stereocenters. The highest BCUT2D eigenvalue weighted by molar-refractivity contribution is 7.98. The Hall–Kier alpha value is -0.220. The van der Waals surface area contributed by atoms with E-state index in [2.05, 4.69) is 37.2 Å². The maximum absolute atomic E-state index is 12.4. The molecule has 1 amide bonds. The lowest BCUT2D eigenvalue weighted by molar-refractivity contribution is -0.130. The molecule has 20 heavy (non-hydrogen) atoms. The SMILES string of the molecule is CCCC1NC(C(C)C)N(CCCCCCSC)C1=O. The third-order valence-corrected chi connectivity index (χ3v) is 4.69. The predicted molar refractivity (Wildman–Crippen MR) is 89.0 cm³/mol. The van der Waals surface area contributed by atoms with Crippen LogP contribution in [0.1, 0.15) is 59.3 Å². The zero-order valence-corrected chi connectivity index (χ0v) is 14.5. The second-order valence-electron chi connectivity index (χ2n) is 6.14. The van der Waals surface area contributed by atoms with Crippen LogP contribution in [-0.2, 0) is 4.79 Å². The van der Waals surface area contributed by atoms with Gasteiger partial charge in [-0.1, -0.05) is 40.0 Å². The summed E-state index contributed by atoms with van der Waals surface area (Å²) in [6.07, 6.45) is 9.42. The summed E-state index contributed by atoms with van der Waals surface area (Å²) in [7, 11) is 0. The zero-order valence-electron chi connectivity index (χ0n) is 13.7. The van der Waals surface area contributed by atoms with Gasteiger partial charge >= 0.3 is 0 Å². The largest absolute Gasteiger partial charge is 0.326 e. The lowest BCUT2D eigenvalue weighted by Gasteiger charge is -2.27. The van der Waals surface area contributed by atoms with Crippen molar-refractivity contribution < 1.29 is 4.79 Å². The van der Waals surface area contributed by atoms with E-state index in [0.717, 1.165) is 25.8 Å². The summed E-state index contributed by atoms with van der Waals surface area (Å²) in [5, 5.41) is 3.53. The maximum atomic E-state index is 12.4. The summed E-state index contributed by atoms with van der Waals surface area (Å²) in [5.74, 6) is 2.07. The number of rotatable bonds is 10. The molecule has 1 fully saturated rings. The number of hydrogen-bond acceptors (Lipinski definition) is 3. The number of hydrogen-bond donors (Lipinski definition) is 1. The lowest BCUT2D eigenvalue weighted by Crippen LogP contribution is -2.41. The first-order valence-corrected chi connectivity index (χ1v) is 9.56. The molecule has 118 valence electrons. The normalized spacial score (nSPS) is 23.1. The van der Waals surface area contributed by atoms with Crippen LogP contribution >= 0.6 is 11.8 Å². The Morgan fingerprint density at radius 3 is 2.55 bits per heavy atom. The highest BCUT2D eigenvalue weighted by Gasteiger charge is 2.38. The van der Waals surface area contributed by atoms with E-state index in [1.165, 1.54) is 25.0 Å². The molecule has 4 heteroatoms. The summed E-state index contributed by atoms with van der Waals surface area (Å²) in [5.41, 5.74) is 0. The molecular formula is C16H32N2OS. The summed E-state index contributed by atoms with van der Waals surface area (Å²) >= 11 is 1.92. The van der Waals surface area contributed by atoms with Crippen LogP contribution in [0.15, 0.2) is 0 Å². The molecule has 1 N–H and O–H groups in total. The second-order valence-corrected chi connectivity index (χ2v) is 7.12. The van der Waals surface area contributed by atoms with E-state index in [9.17, 15) is 4.79 Å². The van der Waals surface area contributed by atoms with Gasteiger partial charge in [-0.15, -0.1) is 0 Å². The Morgan fingerprint density at radius 2 is 1.95 bits per heavy atom. The lowest BCUT2D eigenvalue weighted by atomic mass is 10.1. The first-order chi connectivity index (χ1) is 9.61. The smallest absolute Gasteiger partial charge is 0.241 e. The van der Waals surface area contributed by atoms with Crippen LogP contribution in [0.2, 0.25) is 0 Å². The minimum absolute atomic E-state index is 0.0592. The molecule has 0 aromatic heterocycles. The van der Waals surface area contributed by atoms with Crippen molar-refractivity contribution in [3.8, 4) is 0 Å². The maximum Gasteiger partial charge on any atom is 0.241 e. The number of carbonyl (C=O) groups is 1. The molecule has 2 unspecified atom stereocenters. The average Bonchev–Trinajstić information content (AvgIpc) is 2.72. The first kappa shape index (κ1) is 17.8. The minimum atomic E-state index is 0.0592. The summed E-state index contributed by atoms with van der Waals surface area (Å²) in [4.78, 5) is 14.5. The Morgan fingerprint density at radius 1 is 1.25 bits per heavy atom. The van der Waals surface area contributed by atoms with Crippen LogP contribution in [0.4, 0.5) is 0 Å². The monoisotopic (exact) mass is 300 g/mol. The van der Waals surface area contributed by atoms with Gasteiger partial charge < -0.3 is 4.90 Å². The molecule has 1 rings (SSSR count). The van der Waals surface area contributed by atoms with Crippen molar-refractivity contribution in [3.05, 3.63) is 0 Å². The van der Waals surface area contributed by atoms with Gasteiger partial charge in [0.2, 0.25) is 5.91 Å². The van der Waals surface area contributed by atoms with Crippen LogP contribution < -0.4 is 5.32 Å². The van der Waals surface area contributed by atoms with E-state index in [-0.39, 0.29) is 12.2 Å². The van der Waals surface area contributed by atoms with Crippen molar-refractivity contribution in [3.63, 3.8) is 0 Å². The second kappa shape index (κ2) is 9.67. The molecule has 1 saturated heterocycles. The Labute approximate surface area is 129 Å². The van der Waals surface area contributed by atoms with Gasteiger partial charge in [0.25, 0.3) is 0 Å². The van der Waals surface area contributed by atoms with Crippen LogP contribution in [-0.4, -0.2) is 41.6 Å². The molecule has 0 aromatic carbocycles. The average molecular weight is 301 g/mol. The Kier molecular flexibility index (Phi) is 8.62.